The Kier molecular flexibility index (Phi) is 3.25. The van der Waals surface area contributed by atoms with Crippen molar-refractivity contribution in [3.05, 3.63) is 41.7 Å². The monoisotopic (exact) mass is 218 g/mol. The average Bonchev–Trinajstić information content (AvgIpc) is 2.31. The van der Waals surface area contributed by atoms with Crippen LogP contribution in [0.5, 0.6) is 5.75 Å². The van der Waals surface area contributed by atoms with E-state index in [9.17, 15) is 4.79 Å². The highest BCUT2D eigenvalue weighted by Crippen LogP contribution is 2.25. The van der Waals surface area contributed by atoms with E-state index >= 15 is 0 Å². The van der Waals surface area contributed by atoms with Gasteiger partial charge in [0.1, 0.15) is 17.1 Å². The second kappa shape index (κ2) is 4.84. The number of benzene rings is 1. The van der Waals surface area contributed by atoms with Crippen LogP contribution in [0.1, 0.15) is 36.0 Å². The fourth-order valence-electron chi connectivity index (χ4n) is 1.77. The van der Waals surface area contributed by atoms with E-state index in [-0.39, 0.29) is 5.56 Å². The maximum atomic E-state index is 11.0. The van der Waals surface area contributed by atoms with Crippen LogP contribution in [0, 0.1) is 0 Å². The molecule has 1 aliphatic carbocycles. The Morgan fingerprint density at radius 3 is 2.75 bits per heavy atom. The lowest BCUT2D eigenvalue weighted by atomic mass is 10.1. The van der Waals surface area contributed by atoms with E-state index in [2.05, 4.69) is 0 Å². The molecule has 0 unspecified atom stereocenters. The first-order chi connectivity index (χ1) is 7.77. The normalized spacial score (nSPS) is 15.4. The van der Waals surface area contributed by atoms with Gasteiger partial charge in [-0.3, -0.25) is 0 Å². The number of ether oxygens (including phenoxy) is 1. The number of aromatic carboxylic acids is 1. The van der Waals surface area contributed by atoms with Gasteiger partial charge in [0.2, 0.25) is 0 Å². The second-order valence-electron chi connectivity index (χ2n) is 3.82. The third-order valence-corrected chi connectivity index (χ3v) is 2.61. The van der Waals surface area contributed by atoms with Gasteiger partial charge in [-0.05, 0) is 37.5 Å². The van der Waals surface area contributed by atoms with E-state index in [4.69, 9.17) is 9.84 Å². The standard InChI is InChI=1S/C13H14O3/c14-13(15)11-8-4-5-9-12(11)16-10-6-2-1-3-7-10/h4-6,8-9H,1-3,7H2,(H,14,15). The predicted octanol–water partition coefficient (Wildman–Crippen LogP) is 3.22. The highest BCUT2D eigenvalue weighted by molar-refractivity contribution is 5.90. The van der Waals surface area contributed by atoms with Gasteiger partial charge in [0.15, 0.2) is 0 Å². The minimum Gasteiger partial charge on any atom is -0.478 e. The van der Waals surface area contributed by atoms with E-state index in [1.807, 2.05) is 6.08 Å². The molecule has 0 spiro atoms. The summed E-state index contributed by atoms with van der Waals surface area (Å²) in [6.07, 6.45) is 6.26. The largest absolute Gasteiger partial charge is 0.478 e. The van der Waals surface area contributed by atoms with E-state index in [1.54, 1.807) is 24.3 Å². The molecular formula is C13H14O3. The van der Waals surface area contributed by atoms with Gasteiger partial charge in [-0.25, -0.2) is 4.79 Å². The van der Waals surface area contributed by atoms with Crippen LogP contribution >= 0.6 is 0 Å². The average molecular weight is 218 g/mol. The fraction of sp³-hybridized carbons (Fsp3) is 0.308. The molecule has 1 aromatic rings. The Balaban J connectivity index is 2.20. The first kappa shape index (κ1) is 10.7. The van der Waals surface area contributed by atoms with Crippen LogP contribution in [0.15, 0.2) is 36.1 Å². The molecule has 0 fully saturated rings. The van der Waals surface area contributed by atoms with Crippen molar-refractivity contribution < 1.29 is 14.6 Å². The quantitative estimate of drug-likeness (QED) is 0.847. The summed E-state index contributed by atoms with van der Waals surface area (Å²) in [7, 11) is 0. The predicted molar refractivity (Wildman–Crippen MR) is 60.6 cm³/mol. The zero-order chi connectivity index (χ0) is 11.4. The van der Waals surface area contributed by atoms with Crippen LogP contribution in [0.2, 0.25) is 0 Å². The Morgan fingerprint density at radius 2 is 2.06 bits per heavy atom. The molecule has 3 heteroatoms. The van der Waals surface area contributed by atoms with Crippen LogP contribution in [0.25, 0.3) is 0 Å². The summed E-state index contributed by atoms with van der Waals surface area (Å²) in [5.74, 6) is 0.370. The van der Waals surface area contributed by atoms with Crippen molar-refractivity contribution >= 4 is 5.97 Å². The molecule has 0 saturated heterocycles. The number of carbonyl (C=O) groups is 1. The minimum absolute atomic E-state index is 0.217. The summed E-state index contributed by atoms with van der Waals surface area (Å²) in [5.41, 5.74) is 0.217. The van der Waals surface area contributed by atoms with Crippen LogP contribution in [-0.2, 0) is 0 Å². The minimum atomic E-state index is -0.952. The third kappa shape index (κ3) is 2.42. The highest BCUT2D eigenvalue weighted by Gasteiger charge is 2.12. The molecule has 3 nitrogen and oxygen atoms in total. The van der Waals surface area contributed by atoms with Gasteiger partial charge in [-0.1, -0.05) is 12.1 Å². The first-order valence-electron chi connectivity index (χ1n) is 5.46. The molecule has 16 heavy (non-hydrogen) atoms. The second-order valence-corrected chi connectivity index (χ2v) is 3.82. The Bertz CT molecular complexity index is 421. The van der Waals surface area contributed by atoms with E-state index in [1.165, 1.54) is 6.42 Å². The number of allylic oxidation sites excluding steroid dienone is 2. The molecule has 0 aliphatic heterocycles. The van der Waals surface area contributed by atoms with E-state index in [0.29, 0.717) is 5.75 Å². The van der Waals surface area contributed by atoms with E-state index < -0.39 is 5.97 Å². The van der Waals surface area contributed by atoms with Crippen molar-refractivity contribution in [2.75, 3.05) is 0 Å². The number of hydrogen-bond donors (Lipinski definition) is 1. The van der Waals surface area contributed by atoms with Gasteiger partial charge in [0, 0.05) is 6.42 Å². The number of carboxylic acids is 1. The van der Waals surface area contributed by atoms with Crippen molar-refractivity contribution in [1.29, 1.82) is 0 Å². The summed E-state index contributed by atoms with van der Waals surface area (Å²) in [5, 5.41) is 9.00. The fourth-order valence-corrected chi connectivity index (χ4v) is 1.77. The zero-order valence-electron chi connectivity index (χ0n) is 8.98. The van der Waals surface area contributed by atoms with Crippen LogP contribution < -0.4 is 4.74 Å². The SMILES string of the molecule is O=C(O)c1ccccc1OC1=CCCCC1. The van der Waals surface area contributed by atoms with Crippen molar-refractivity contribution in [3.8, 4) is 5.75 Å². The van der Waals surface area contributed by atoms with Gasteiger partial charge < -0.3 is 9.84 Å². The van der Waals surface area contributed by atoms with Gasteiger partial charge in [-0.2, -0.15) is 0 Å². The molecular weight excluding hydrogens is 204 g/mol. The summed E-state index contributed by atoms with van der Waals surface area (Å²) in [6.45, 7) is 0. The van der Waals surface area contributed by atoms with Crippen molar-refractivity contribution in [2.45, 2.75) is 25.7 Å². The summed E-state index contributed by atoms with van der Waals surface area (Å²) >= 11 is 0. The highest BCUT2D eigenvalue weighted by atomic mass is 16.5. The van der Waals surface area contributed by atoms with Crippen LogP contribution in [0.4, 0.5) is 0 Å². The first-order valence-corrected chi connectivity index (χ1v) is 5.46. The maximum absolute atomic E-state index is 11.0. The molecule has 0 aromatic heterocycles. The molecule has 0 amide bonds. The molecule has 0 atom stereocenters. The molecule has 0 heterocycles. The summed E-state index contributed by atoms with van der Waals surface area (Å²) < 4.78 is 5.63. The summed E-state index contributed by atoms with van der Waals surface area (Å²) in [6, 6.07) is 6.73. The molecule has 1 aliphatic rings. The van der Waals surface area contributed by atoms with E-state index in [0.717, 1.165) is 25.0 Å². The van der Waals surface area contributed by atoms with Crippen molar-refractivity contribution in [3.63, 3.8) is 0 Å². The lowest BCUT2D eigenvalue weighted by molar-refractivity contribution is 0.0693. The Hall–Kier alpha value is -1.77. The summed E-state index contributed by atoms with van der Waals surface area (Å²) in [4.78, 5) is 11.0. The lowest BCUT2D eigenvalue weighted by Crippen LogP contribution is -2.04. The third-order valence-electron chi connectivity index (χ3n) is 2.61. The molecule has 1 aromatic carbocycles. The zero-order valence-corrected chi connectivity index (χ0v) is 8.98. The number of rotatable bonds is 3. The van der Waals surface area contributed by atoms with Gasteiger partial charge in [0.25, 0.3) is 0 Å². The lowest BCUT2D eigenvalue weighted by Gasteiger charge is -2.15. The Labute approximate surface area is 94.4 Å². The topological polar surface area (TPSA) is 46.5 Å². The van der Waals surface area contributed by atoms with Gasteiger partial charge in [0.05, 0.1) is 0 Å². The molecule has 1 N–H and O–H groups in total. The molecule has 0 radical (unpaired) electrons. The smallest absolute Gasteiger partial charge is 0.339 e. The number of hydrogen-bond acceptors (Lipinski definition) is 2. The molecule has 0 bridgehead atoms. The van der Waals surface area contributed by atoms with Gasteiger partial charge in [-0.15, -0.1) is 0 Å². The molecule has 2 rings (SSSR count). The number of carboxylic acid groups (broad SMARTS) is 1. The maximum Gasteiger partial charge on any atom is 0.339 e. The number of para-hydroxylation sites is 1. The molecule has 0 saturated carbocycles. The van der Waals surface area contributed by atoms with Crippen molar-refractivity contribution in [2.24, 2.45) is 0 Å². The molecule has 84 valence electrons. The van der Waals surface area contributed by atoms with Gasteiger partial charge >= 0.3 is 5.97 Å². The Morgan fingerprint density at radius 1 is 1.25 bits per heavy atom. The van der Waals surface area contributed by atoms with Crippen molar-refractivity contribution in [1.82, 2.24) is 0 Å². The van der Waals surface area contributed by atoms with Crippen LogP contribution in [-0.4, -0.2) is 11.1 Å². The van der Waals surface area contributed by atoms with Crippen LogP contribution in [0.3, 0.4) is 0 Å².